The van der Waals surface area contributed by atoms with E-state index in [1.54, 1.807) is 0 Å². The molecule has 2 atom stereocenters. The second-order valence-electron chi connectivity index (χ2n) is 4.67. The number of rotatable bonds is 4. The minimum Gasteiger partial charge on any atom is -0.354 e. The fourth-order valence-corrected chi connectivity index (χ4v) is 2.30. The Kier molecular flexibility index (Phi) is 3.77. The predicted octanol–water partition coefficient (Wildman–Crippen LogP) is -0.619. The third kappa shape index (κ3) is 3.20. The van der Waals surface area contributed by atoms with E-state index >= 15 is 0 Å². The third-order valence-corrected chi connectivity index (χ3v) is 3.28. The maximum atomic E-state index is 11.6. The van der Waals surface area contributed by atoms with Crippen molar-refractivity contribution in [2.75, 3.05) is 19.6 Å². The molecule has 2 unspecified atom stereocenters. The van der Waals surface area contributed by atoms with Crippen LogP contribution in [0.15, 0.2) is 0 Å². The summed E-state index contributed by atoms with van der Waals surface area (Å²) in [6.45, 7) is 2.69. The zero-order valence-electron chi connectivity index (χ0n) is 9.42. The van der Waals surface area contributed by atoms with E-state index in [2.05, 4.69) is 16.0 Å². The Hall–Kier alpha value is -1.10. The van der Waals surface area contributed by atoms with E-state index in [1.807, 2.05) is 0 Å². The molecule has 2 saturated heterocycles. The molecular formula is C11H19N3O2. The van der Waals surface area contributed by atoms with Crippen LogP contribution in [-0.4, -0.2) is 37.5 Å². The first kappa shape index (κ1) is 11.4. The van der Waals surface area contributed by atoms with Gasteiger partial charge in [0, 0.05) is 19.4 Å². The first-order valence-corrected chi connectivity index (χ1v) is 6.01. The predicted molar refractivity (Wildman–Crippen MR) is 59.8 cm³/mol. The Bertz CT molecular complexity index is 274. The standard InChI is InChI=1S/C11H19N3O2/c15-10(2-1-8-3-4-12-6-8)14-9-5-11(16)13-7-9/h8-9,12H,1-7H2,(H,13,16)(H,14,15). The summed E-state index contributed by atoms with van der Waals surface area (Å²) in [5, 5.41) is 8.89. The van der Waals surface area contributed by atoms with Crippen LogP contribution >= 0.6 is 0 Å². The van der Waals surface area contributed by atoms with Crippen LogP contribution < -0.4 is 16.0 Å². The van der Waals surface area contributed by atoms with Crippen LogP contribution in [0.5, 0.6) is 0 Å². The van der Waals surface area contributed by atoms with Gasteiger partial charge in [0.15, 0.2) is 0 Å². The maximum absolute atomic E-state index is 11.6. The van der Waals surface area contributed by atoms with Crippen molar-refractivity contribution in [1.82, 2.24) is 16.0 Å². The van der Waals surface area contributed by atoms with Crippen molar-refractivity contribution in [2.24, 2.45) is 5.92 Å². The summed E-state index contributed by atoms with van der Waals surface area (Å²) < 4.78 is 0. The molecule has 2 aliphatic heterocycles. The minimum atomic E-state index is 0.00158. The summed E-state index contributed by atoms with van der Waals surface area (Å²) in [5.41, 5.74) is 0. The number of nitrogens with one attached hydrogen (secondary N) is 3. The van der Waals surface area contributed by atoms with Gasteiger partial charge < -0.3 is 16.0 Å². The molecule has 5 heteroatoms. The lowest BCUT2D eigenvalue weighted by Crippen LogP contribution is -2.36. The van der Waals surface area contributed by atoms with E-state index in [-0.39, 0.29) is 17.9 Å². The summed E-state index contributed by atoms with van der Waals surface area (Å²) in [6.07, 6.45) is 3.14. The van der Waals surface area contributed by atoms with E-state index in [4.69, 9.17) is 0 Å². The zero-order valence-corrected chi connectivity index (χ0v) is 9.42. The van der Waals surface area contributed by atoms with E-state index in [9.17, 15) is 9.59 Å². The summed E-state index contributed by atoms with van der Waals surface area (Å²) in [7, 11) is 0. The summed E-state index contributed by atoms with van der Waals surface area (Å²) >= 11 is 0. The molecule has 90 valence electrons. The van der Waals surface area contributed by atoms with Gasteiger partial charge >= 0.3 is 0 Å². The van der Waals surface area contributed by atoms with Gasteiger partial charge in [-0.15, -0.1) is 0 Å². The van der Waals surface area contributed by atoms with E-state index in [1.165, 1.54) is 6.42 Å². The van der Waals surface area contributed by atoms with Crippen LogP contribution in [0.3, 0.4) is 0 Å². The minimum absolute atomic E-state index is 0.00158. The van der Waals surface area contributed by atoms with Gasteiger partial charge in [-0.2, -0.15) is 0 Å². The normalized spacial score (nSPS) is 29.1. The maximum Gasteiger partial charge on any atom is 0.222 e. The molecule has 2 heterocycles. The number of hydrogen-bond acceptors (Lipinski definition) is 3. The number of carbonyl (C=O) groups is 2. The van der Waals surface area contributed by atoms with Crippen molar-refractivity contribution < 1.29 is 9.59 Å². The Morgan fingerprint density at radius 1 is 1.44 bits per heavy atom. The average molecular weight is 225 g/mol. The molecule has 0 radical (unpaired) electrons. The van der Waals surface area contributed by atoms with Crippen molar-refractivity contribution in [1.29, 1.82) is 0 Å². The Balaban J connectivity index is 1.62. The fourth-order valence-electron chi connectivity index (χ4n) is 2.30. The fraction of sp³-hybridized carbons (Fsp3) is 0.818. The monoisotopic (exact) mass is 225 g/mol. The molecule has 16 heavy (non-hydrogen) atoms. The molecule has 2 aliphatic rings. The SMILES string of the molecule is O=C1CC(NC(=O)CCC2CCNC2)CN1. The van der Waals surface area contributed by atoms with Gasteiger partial charge in [0.05, 0.1) is 6.04 Å². The van der Waals surface area contributed by atoms with Crippen LogP contribution in [-0.2, 0) is 9.59 Å². The smallest absolute Gasteiger partial charge is 0.222 e. The van der Waals surface area contributed by atoms with E-state index in [0.29, 0.717) is 25.3 Å². The lowest BCUT2D eigenvalue weighted by Gasteiger charge is -2.12. The lowest BCUT2D eigenvalue weighted by molar-refractivity contribution is -0.122. The molecule has 5 nitrogen and oxygen atoms in total. The largest absolute Gasteiger partial charge is 0.354 e. The molecule has 2 rings (SSSR count). The lowest BCUT2D eigenvalue weighted by atomic mass is 10.0. The Morgan fingerprint density at radius 2 is 2.31 bits per heavy atom. The molecule has 3 N–H and O–H groups in total. The van der Waals surface area contributed by atoms with Gasteiger partial charge in [-0.1, -0.05) is 0 Å². The molecule has 0 saturated carbocycles. The van der Waals surface area contributed by atoms with Gasteiger partial charge in [-0.05, 0) is 31.8 Å². The topological polar surface area (TPSA) is 70.2 Å². The van der Waals surface area contributed by atoms with Crippen molar-refractivity contribution in [2.45, 2.75) is 31.7 Å². The quantitative estimate of drug-likeness (QED) is 0.597. The van der Waals surface area contributed by atoms with Gasteiger partial charge in [0.25, 0.3) is 0 Å². The first-order chi connectivity index (χ1) is 7.74. The van der Waals surface area contributed by atoms with Crippen LogP contribution in [0, 0.1) is 5.92 Å². The van der Waals surface area contributed by atoms with Crippen molar-refractivity contribution >= 4 is 11.8 Å². The molecular weight excluding hydrogens is 206 g/mol. The van der Waals surface area contributed by atoms with Crippen molar-refractivity contribution in [3.8, 4) is 0 Å². The highest BCUT2D eigenvalue weighted by Gasteiger charge is 2.23. The molecule has 0 bridgehead atoms. The molecule has 2 amide bonds. The van der Waals surface area contributed by atoms with Crippen molar-refractivity contribution in [3.63, 3.8) is 0 Å². The number of carbonyl (C=O) groups excluding carboxylic acids is 2. The van der Waals surface area contributed by atoms with E-state index < -0.39 is 0 Å². The summed E-state index contributed by atoms with van der Waals surface area (Å²) in [5.74, 6) is 0.757. The van der Waals surface area contributed by atoms with Gasteiger partial charge in [0.1, 0.15) is 0 Å². The second kappa shape index (κ2) is 5.30. The van der Waals surface area contributed by atoms with Gasteiger partial charge in [-0.25, -0.2) is 0 Å². The molecule has 0 spiro atoms. The van der Waals surface area contributed by atoms with Gasteiger partial charge in [-0.3, -0.25) is 9.59 Å². The van der Waals surface area contributed by atoms with Crippen molar-refractivity contribution in [3.05, 3.63) is 0 Å². The average Bonchev–Trinajstić information content (AvgIpc) is 2.87. The van der Waals surface area contributed by atoms with Crippen LogP contribution in [0.2, 0.25) is 0 Å². The number of hydrogen-bond donors (Lipinski definition) is 3. The molecule has 0 aromatic rings. The number of amides is 2. The van der Waals surface area contributed by atoms with Crippen LogP contribution in [0.4, 0.5) is 0 Å². The Labute approximate surface area is 95.3 Å². The molecule has 0 aliphatic carbocycles. The van der Waals surface area contributed by atoms with Crippen LogP contribution in [0.25, 0.3) is 0 Å². The highest BCUT2D eigenvalue weighted by atomic mass is 16.2. The third-order valence-electron chi connectivity index (χ3n) is 3.28. The van der Waals surface area contributed by atoms with E-state index in [0.717, 1.165) is 19.5 Å². The first-order valence-electron chi connectivity index (χ1n) is 6.01. The zero-order chi connectivity index (χ0) is 11.4. The molecule has 0 aromatic carbocycles. The summed E-state index contributed by atoms with van der Waals surface area (Å²) in [4.78, 5) is 22.5. The van der Waals surface area contributed by atoms with Crippen LogP contribution in [0.1, 0.15) is 25.7 Å². The molecule has 2 fully saturated rings. The van der Waals surface area contributed by atoms with Gasteiger partial charge in [0.2, 0.25) is 11.8 Å². The second-order valence-corrected chi connectivity index (χ2v) is 4.67. The highest BCUT2D eigenvalue weighted by Crippen LogP contribution is 2.14. The highest BCUT2D eigenvalue weighted by molar-refractivity contribution is 5.81. The Morgan fingerprint density at radius 3 is 2.94 bits per heavy atom. The molecule has 0 aromatic heterocycles. The summed E-state index contributed by atoms with van der Waals surface area (Å²) in [6, 6.07) is 0.00158.